The number of nitrogens with two attached hydrogens (primary N) is 1. The first-order valence-corrected chi connectivity index (χ1v) is 4.81. The largest absolute Gasteiger partial charge is 0.368 e. The number of amides is 1. The van der Waals surface area contributed by atoms with E-state index >= 15 is 0 Å². The van der Waals surface area contributed by atoms with Crippen LogP contribution >= 0.6 is 0 Å². The maximum atomic E-state index is 11.3. The second kappa shape index (κ2) is 2.73. The first-order chi connectivity index (χ1) is 5.76. The molecule has 3 nitrogen and oxygen atoms in total. The highest BCUT2D eigenvalue weighted by molar-refractivity contribution is 5.85. The van der Waals surface area contributed by atoms with Crippen molar-refractivity contribution in [2.24, 2.45) is 11.7 Å². The molecule has 0 aromatic heterocycles. The molecule has 0 bridgehead atoms. The molecule has 12 heavy (non-hydrogen) atoms. The monoisotopic (exact) mass is 168 g/mol. The Balaban J connectivity index is 2.14. The van der Waals surface area contributed by atoms with E-state index in [9.17, 15) is 4.79 Å². The lowest BCUT2D eigenvalue weighted by Crippen LogP contribution is -2.58. The average Bonchev–Trinajstić information content (AvgIpc) is 2.33. The molecule has 2 fully saturated rings. The number of hydrogen-bond acceptors (Lipinski definition) is 2. The van der Waals surface area contributed by atoms with Crippen LogP contribution in [0.1, 0.15) is 32.1 Å². The van der Waals surface area contributed by atoms with Crippen molar-refractivity contribution in [3.8, 4) is 0 Å². The standard InChI is InChI=1S/C9H16N2O/c10-8(12)9(5-2-6-11-9)7-3-1-4-7/h7,11H,1-6H2,(H2,10,12). The Morgan fingerprint density at radius 1 is 1.42 bits per heavy atom. The summed E-state index contributed by atoms with van der Waals surface area (Å²) in [6.07, 6.45) is 5.67. The van der Waals surface area contributed by atoms with Gasteiger partial charge in [-0.05, 0) is 38.1 Å². The van der Waals surface area contributed by atoms with Gasteiger partial charge >= 0.3 is 0 Å². The van der Waals surface area contributed by atoms with Crippen molar-refractivity contribution in [1.82, 2.24) is 5.32 Å². The summed E-state index contributed by atoms with van der Waals surface area (Å²) in [7, 11) is 0. The Labute approximate surface area is 72.7 Å². The molecule has 2 rings (SSSR count). The van der Waals surface area contributed by atoms with Crippen molar-refractivity contribution in [3.63, 3.8) is 0 Å². The van der Waals surface area contributed by atoms with Gasteiger partial charge in [0.15, 0.2) is 0 Å². The molecule has 1 heterocycles. The van der Waals surface area contributed by atoms with Crippen molar-refractivity contribution in [2.45, 2.75) is 37.6 Å². The summed E-state index contributed by atoms with van der Waals surface area (Å²) in [5, 5.41) is 3.30. The molecular formula is C9H16N2O. The highest BCUT2D eigenvalue weighted by atomic mass is 16.1. The van der Waals surface area contributed by atoms with E-state index in [1.807, 2.05) is 0 Å². The molecule has 68 valence electrons. The van der Waals surface area contributed by atoms with Gasteiger partial charge in [0.25, 0.3) is 0 Å². The van der Waals surface area contributed by atoms with Crippen molar-refractivity contribution in [1.29, 1.82) is 0 Å². The number of nitrogens with one attached hydrogen (secondary N) is 1. The van der Waals surface area contributed by atoms with Crippen molar-refractivity contribution >= 4 is 5.91 Å². The van der Waals surface area contributed by atoms with Crippen molar-refractivity contribution < 1.29 is 4.79 Å². The van der Waals surface area contributed by atoms with Crippen molar-refractivity contribution in [3.05, 3.63) is 0 Å². The fourth-order valence-electron chi connectivity index (χ4n) is 2.43. The van der Waals surface area contributed by atoms with E-state index in [0.717, 1.165) is 19.4 Å². The lowest BCUT2D eigenvalue weighted by molar-refractivity contribution is -0.127. The number of carbonyl (C=O) groups excluding carboxylic acids is 1. The van der Waals surface area contributed by atoms with Gasteiger partial charge in [0, 0.05) is 0 Å². The van der Waals surface area contributed by atoms with Crippen LogP contribution in [0.25, 0.3) is 0 Å². The molecule has 0 aromatic carbocycles. The number of primary amides is 1. The summed E-state index contributed by atoms with van der Waals surface area (Å²) in [5.74, 6) is 0.391. The second-order valence-corrected chi connectivity index (χ2v) is 3.99. The molecule has 1 aliphatic heterocycles. The van der Waals surface area contributed by atoms with Gasteiger partial charge in [0.05, 0.1) is 0 Å². The third-order valence-electron chi connectivity index (χ3n) is 3.43. The van der Waals surface area contributed by atoms with E-state index in [1.165, 1.54) is 19.3 Å². The van der Waals surface area contributed by atoms with Gasteiger partial charge in [-0.2, -0.15) is 0 Å². The van der Waals surface area contributed by atoms with Gasteiger partial charge in [-0.1, -0.05) is 6.42 Å². The summed E-state index contributed by atoms with van der Waals surface area (Å²) in [6, 6.07) is 0. The molecule has 1 amide bonds. The molecule has 1 saturated heterocycles. The molecule has 1 saturated carbocycles. The quantitative estimate of drug-likeness (QED) is 0.627. The smallest absolute Gasteiger partial charge is 0.238 e. The van der Waals surface area contributed by atoms with Crippen LogP contribution in [-0.4, -0.2) is 18.0 Å². The summed E-state index contributed by atoms with van der Waals surface area (Å²) < 4.78 is 0. The molecular weight excluding hydrogens is 152 g/mol. The molecule has 1 aliphatic carbocycles. The summed E-state index contributed by atoms with van der Waals surface area (Å²) in [6.45, 7) is 0.958. The minimum Gasteiger partial charge on any atom is -0.368 e. The van der Waals surface area contributed by atoms with E-state index < -0.39 is 0 Å². The predicted octanol–water partition coefficient (Wildman–Crippen LogP) is 0.394. The van der Waals surface area contributed by atoms with Crippen LogP contribution in [0.2, 0.25) is 0 Å². The van der Waals surface area contributed by atoms with Gasteiger partial charge in [-0.15, -0.1) is 0 Å². The molecule has 1 atom stereocenters. The predicted molar refractivity (Wildman–Crippen MR) is 46.5 cm³/mol. The minimum atomic E-state index is -0.321. The third-order valence-corrected chi connectivity index (χ3v) is 3.43. The Bertz CT molecular complexity index is 193. The Morgan fingerprint density at radius 3 is 2.50 bits per heavy atom. The van der Waals surface area contributed by atoms with Crippen LogP contribution in [0.5, 0.6) is 0 Å². The second-order valence-electron chi connectivity index (χ2n) is 3.99. The van der Waals surface area contributed by atoms with Crippen LogP contribution in [0.15, 0.2) is 0 Å². The Hall–Kier alpha value is -0.570. The topological polar surface area (TPSA) is 55.1 Å². The van der Waals surface area contributed by atoms with E-state index in [1.54, 1.807) is 0 Å². The molecule has 2 aliphatic rings. The van der Waals surface area contributed by atoms with Gasteiger partial charge < -0.3 is 11.1 Å². The van der Waals surface area contributed by atoms with E-state index in [2.05, 4.69) is 5.32 Å². The van der Waals surface area contributed by atoms with Crippen LogP contribution in [0, 0.1) is 5.92 Å². The summed E-state index contributed by atoms with van der Waals surface area (Å²) >= 11 is 0. The summed E-state index contributed by atoms with van der Waals surface area (Å²) in [5.41, 5.74) is 5.12. The summed E-state index contributed by atoms with van der Waals surface area (Å²) in [4.78, 5) is 11.3. The first-order valence-electron chi connectivity index (χ1n) is 4.81. The number of carbonyl (C=O) groups is 1. The van der Waals surface area contributed by atoms with E-state index in [-0.39, 0.29) is 11.4 Å². The van der Waals surface area contributed by atoms with Crippen LogP contribution in [0.4, 0.5) is 0 Å². The zero-order valence-corrected chi connectivity index (χ0v) is 7.31. The van der Waals surface area contributed by atoms with Gasteiger partial charge in [-0.3, -0.25) is 4.79 Å². The lowest BCUT2D eigenvalue weighted by Gasteiger charge is -2.40. The van der Waals surface area contributed by atoms with E-state index in [0.29, 0.717) is 5.92 Å². The minimum absolute atomic E-state index is 0.135. The lowest BCUT2D eigenvalue weighted by atomic mass is 9.69. The first kappa shape index (κ1) is 8.05. The van der Waals surface area contributed by atoms with Crippen LogP contribution in [0.3, 0.4) is 0 Å². The Morgan fingerprint density at radius 2 is 2.17 bits per heavy atom. The zero-order chi connectivity index (χ0) is 8.60. The fourth-order valence-corrected chi connectivity index (χ4v) is 2.43. The molecule has 1 unspecified atom stereocenters. The Kier molecular flexibility index (Phi) is 1.83. The molecule has 0 spiro atoms. The van der Waals surface area contributed by atoms with Gasteiger partial charge in [-0.25, -0.2) is 0 Å². The number of hydrogen-bond donors (Lipinski definition) is 2. The zero-order valence-electron chi connectivity index (χ0n) is 7.31. The molecule has 0 radical (unpaired) electrons. The highest BCUT2D eigenvalue weighted by Gasteiger charge is 2.48. The highest BCUT2D eigenvalue weighted by Crippen LogP contribution is 2.40. The van der Waals surface area contributed by atoms with E-state index in [4.69, 9.17) is 5.73 Å². The van der Waals surface area contributed by atoms with Gasteiger partial charge in [0.2, 0.25) is 5.91 Å². The fraction of sp³-hybridized carbons (Fsp3) is 0.889. The molecule has 3 heteroatoms. The molecule has 0 aromatic rings. The molecule has 3 N–H and O–H groups in total. The maximum Gasteiger partial charge on any atom is 0.238 e. The van der Waals surface area contributed by atoms with Crippen LogP contribution in [-0.2, 0) is 4.79 Å². The SMILES string of the molecule is NC(=O)C1(C2CCC2)CCCN1. The number of rotatable bonds is 2. The van der Waals surface area contributed by atoms with Crippen LogP contribution < -0.4 is 11.1 Å². The third kappa shape index (κ3) is 0.959. The van der Waals surface area contributed by atoms with Gasteiger partial charge in [0.1, 0.15) is 5.54 Å². The normalized spacial score (nSPS) is 36.3. The maximum absolute atomic E-state index is 11.3. The average molecular weight is 168 g/mol. The van der Waals surface area contributed by atoms with Crippen molar-refractivity contribution in [2.75, 3.05) is 6.54 Å².